The van der Waals surface area contributed by atoms with Gasteiger partial charge in [-0.25, -0.2) is 18.5 Å². The van der Waals surface area contributed by atoms with Crippen molar-refractivity contribution in [1.29, 1.82) is 0 Å². The van der Waals surface area contributed by atoms with E-state index in [9.17, 15) is 38.4 Å². The Kier molecular flexibility index (Phi) is 7.20. The summed E-state index contributed by atoms with van der Waals surface area (Å²) in [6, 6.07) is 0.920. The maximum Gasteiger partial charge on any atom is 0.490 e. The van der Waals surface area contributed by atoms with Crippen LogP contribution in [0.5, 0.6) is 0 Å². The minimum atomic E-state index is -5.73. The molecule has 1 aromatic rings. The van der Waals surface area contributed by atoms with Gasteiger partial charge in [0.05, 0.1) is 6.61 Å². The smallest absolute Gasteiger partial charge is 0.387 e. The molecule has 17 nitrogen and oxygen atoms in total. The third-order valence-electron chi connectivity index (χ3n) is 3.28. The lowest BCUT2D eigenvalue weighted by Crippen LogP contribution is -2.37. The molecular weight excluding hydrogens is 471 g/mol. The highest BCUT2D eigenvalue weighted by Gasteiger charge is 2.46. The lowest BCUT2D eigenvalue weighted by molar-refractivity contribution is -0.0542. The highest BCUT2D eigenvalue weighted by atomic mass is 31.3. The van der Waals surface area contributed by atoms with Gasteiger partial charge in [0, 0.05) is 12.3 Å². The molecule has 6 atom stereocenters. The number of phosphoric acid groups is 3. The molecule has 20 heteroatoms. The highest BCUT2D eigenvalue weighted by molar-refractivity contribution is 7.66. The zero-order valence-electron chi connectivity index (χ0n) is 13.8. The van der Waals surface area contributed by atoms with Crippen molar-refractivity contribution < 1.29 is 61.4 Å². The zero-order valence-corrected chi connectivity index (χ0v) is 16.5. The monoisotopic (exact) mass is 486 g/mol. The van der Waals surface area contributed by atoms with Gasteiger partial charge in [0.15, 0.2) is 6.23 Å². The second kappa shape index (κ2) is 8.61. The largest absolute Gasteiger partial charge is 0.490 e. The van der Waals surface area contributed by atoms with E-state index in [4.69, 9.17) is 19.4 Å². The van der Waals surface area contributed by atoms with E-state index >= 15 is 0 Å². The first kappa shape index (κ1) is 24.2. The lowest BCUT2D eigenvalue weighted by atomic mass is 10.2. The third kappa shape index (κ3) is 6.73. The van der Waals surface area contributed by atoms with Gasteiger partial charge in [0.25, 0.3) is 5.56 Å². The Labute approximate surface area is 159 Å². The van der Waals surface area contributed by atoms with Gasteiger partial charge >= 0.3 is 29.2 Å². The molecule has 0 amide bonds. The number of nitrogens with zero attached hydrogens (tertiary/aromatic N) is 1. The fraction of sp³-hybridized carbons (Fsp3) is 0.556. The highest BCUT2D eigenvalue weighted by Crippen LogP contribution is 2.66. The van der Waals surface area contributed by atoms with Crippen LogP contribution in [0.1, 0.15) is 6.23 Å². The van der Waals surface area contributed by atoms with Crippen LogP contribution < -0.4 is 11.2 Å². The predicted molar refractivity (Wildman–Crippen MR) is 87.1 cm³/mol. The lowest BCUT2D eigenvalue weighted by Gasteiger charge is -2.19. The molecule has 0 radical (unpaired) electrons. The number of hydrogen-bond acceptors (Lipinski definition) is 11. The molecule has 1 aromatic heterocycles. The fourth-order valence-corrected chi connectivity index (χ4v) is 5.23. The molecule has 2 heterocycles. The molecule has 0 aromatic carbocycles. The Morgan fingerprint density at radius 1 is 1.10 bits per heavy atom. The minimum absolute atomic E-state index is 0.708. The molecule has 1 saturated heterocycles. The number of phosphoric ester groups is 1. The Morgan fingerprint density at radius 3 is 2.28 bits per heavy atom. The van der Waals surface area contributed by atoms with Crippen LogP contribution in [0, 0.1) is 0 Å². The van der Waals surface area contributed by atoms with Crippen LogP contribution in [-0.4, -0.2) is 64.3 Å². The van der Waals surface area contributed by atoms with E-state index in [1.807, 2.05) is 4.98 Å². The van der Waals surface area contributed by atoms with Crippen LogP contribution in [-0.2, 0) is 31.6 Å². The summed E-state index contributed by atoms with van der Waals surface area (Å²) in [6.45, 7) is -1.05. The maximum atomic E-state index is 11.7. The summed E-state index contributed by atoms with van der Waals surface area (Å²) in [4.78, 5) is 59.9. The Balaban J connectivity index is 2.06. The molecule has 2 rings (SSSR count). The molecular formula is C9H15N2O15P3. The summed E-state index contributed by atoms with van der Waals surface area (Å²) in [7, 11) is -16.8. The summed E-state index contributed by atoms with van der Waals surface area (Å²) in [5.41, 5.74) is -1.74. The van der Waals surface area contributed by atoms with E-state index in [0.29, 0.717) is 4.57 Å². The normalized spacial score (nSPS) is 29.3. The van der Waals surface area contributed by atoms with Crippen molar-refractivity contribution in [3.63, 3.8) is 0 Å². The van der Waals surface area contributed by atoms with Gasteiger partial charge in [0.2, 0.25) is 0 Å². The number of ether oxygens (including phenoxy) is 1. The summed E-state index contributed by atoms with van der Waals surface area (Å²) in [6.07, 6.45) is -5.70. The maximum absolute atomic E-state index is 11.7. The van der Waals surface area contributed by atoms with Gasteiger partial charge < -0.3 is 34.5 Å². The topological polar surface area (TPSA) is 264 Å². The second-order valence-electron chi connectivity index (χ2n) is 5.45. The average molecular weight is 486 g/mol. The molecule has 1 aliphatic rings. The number of aromatic amines is 1. The quantitative estimate of drug-likeness (QED) is 0.187. The number of nitrogens with one attached hydrogen (secondary N) is 1. The molecule has 166 valence electrons. The summed E-state index contributed by atoms with van der Waals surface area (Å²) in [5.74, 6) is 0. The molecule has 0 spiro atoms. The third-order valence-corrected chi connectivity index (χ3v) is 7.08. The summed E-state index contributed by atoms with van der Waals surface area (Å²) in [5, 5.41) is 19.9. The van der Waals surface area contributed by atoms with Crippen molar-refractivity contribution in [2.75, 3.05) is 6.61 Å². The Bertz CT molecular complexity index is 997. The Morgan fingerprint density at radius 2 is 1.72 bits per heavy atom. The summed E-state index contributed by atoms with van der Waals surface area (Å²) < 4.78 is 50.6. The van der Waals surface area contributed by atoms with E-state index in [0.717, 1.165) is 12.3 Å². The first-order chi connectivity index (χ1) is 13.1. The number of aliphatic hydroxyl groups excluding tert-OH is 2. The van der Waals surface area contributed by atoms with Crippen LogP contribution >= 0.6 is 23.5 Å². The number of rotatable bonds is 8. The Hall–Kier alpha value is -1.03. The summed E-state index contributed by atoms with van der Waals surface area (Å²) >= 11 is 0. The number of H-pyrrole nitrogens is 1. The molecule has 29 heavy (non-hydrogen) atoms. The van der Waals surface area contributed by atoms with E-state index in [2.05, 4.69) is 13.1 Å². The van der Waals surface area contributed by atoms with Crippen LogP contribution in [0.15, 0.2) is 21.9 Å². The second-order valence-corrected chi connectivity index (χ2v) is 9.87. The first-order valence-corrected chi connectivity index (χ1v) is 11.7. The SMILES string of the molecule is O=c1ccn([14C@@H]2O[C@H](COP(=O)(O)OP(=O)(O)OP(=O)(O)O)[C@@H](O)[C@H]2O)c(=O)[nH]1. The average Bonchev–Trinajstić information content (AvgIpc) is 2.78. The van der Waals surface area contributed by atoms with Crippen LogP contribution in [0.3, 0.4) is 0 Å². The first-order valence-electron chi connectivity index (χ1n) is 7.22. The zero-order chi connectivity index (χ0) is 22.2. The van der Waals surface area contributed by atoms with Crippen molar-refractivity contribution in [3.05, 3.63) is 33.1 Å². The van der Waals surface area contributed by atoms with Crippen molar-refractivity contribution in [1.82, 2.24) is 9.55 Å². The predicted octanol–water partition coefficient (Wildman–Crippen LogP) is -2.50. The molecule has 0 aliphatic carbocycles. The number of aliphatic hydroxyl groups is 2. The van der Waals surface area contributed by atoms with E-state index < -0.39 is 65.9 Å². The van der Waals surface area contributed by atoms with Gasteiger partial charge in [-0.05, 0) is 0 Å². The van der Waals surface area contributed by atoms with Gasteiger partial charge in [0.1, 0.15) is 18.3 Å². The van der Waals surface area contributed by atoms with Crippen molar-refractivity contribution in [3.8, 4) is 0 Å². The van der Waals surface area contributed by atoms with E-state index in [1.54, 1.807) is 0 Å². The van der Waals surface area contributed by atoms with Crippen molar-refractivity contribution in [2.45, 2.75) is 24.5 Å². The van der Waals surface area contributed by atoms with E-state index in [-0.39, 0.29) is 0 Å². The van der Waals surface area contributed by atoms with Crippen LogP contribution in [0.25, 0.3) is 0 Å². The van der Waals surface area contributed by atoms with Crippen molar-refractivity contribution in [2.24, 2.45) is 0 Å². The van der Waals surface area contributed by atoms with Crippen LogP contribution in [0.4, 0.5) is 0 Å². The molecule has 2 unspecified atom stereocenters. The molecule has 7 N–H and O–H groups in total. The van der Waals surface area contributed by atoms with E-state index in [1.165, 1.54) is 0 Å². The number of aromatic nitrogens is 2. The van der Waals surface area contributed by atoms with Gasteiger partial charge in [-0.15, -0.1) is 0 Å². The molecule has 0 saturated carbocycles. The van der Waals surface area contributed by atoms with Crippen LogP contribution in [0.2, 0.25) is 0 Å². The molecule has 1 aliphatic heterocycles. The molecule has 0 bridgehead atoms. The van der Waals surface area contributed by atoms with Gasteiger partial charge in [-0.3, -0.25) is 18.9 Å². The standard InChI is InChI=1S/C9H15N2O15P3/c12-5-1-2-11(9(15)10-5)8-7(14)6(13)4(24-8)3-23-28(19,20)26-29(21,22)25-27(16,17)18/h1-2,4,6-8,13-14H,3H2,(H,19,20)(H,21,22)(H,10,12,15)(H2,16,17,18)/t4-,6-,7-,8-/m1/s1/i8+2. The molecule has 1 fully saturated rings. The number of hydrogen-bond donors (Lipinski definition) is 7. The van der Waals surface area contributed by atoms with Gasteiger partial charge in [-0.2, -0.15) is 8.62 Å². The minimum Gasteiger partial charge on any atom is -0.387 e. The van der Waals surface area contributed by atoms with Crippen molar-refractivity contribution >= 4 is 23.5 Å². The van der Waals surface area contributed by atoms with Gasteiger partial charge in [-0.1, -0.05) is 0 Å². The fourth-order valence-electron chi connectivity index (χ4n) is 2.20.